The predicted octanol–water partition coefficient (Wildman–Crippen LogP) is 3.25. The number of aromatic nitrogens is 1. The molecule has 4 nitrogen and oxygen atoms in total. The lowest BCUT2D eigenvalue weighted by molar-refractivity contribution is 0.100. The lowest BCUT2D eigenvalue weighted by Gasteiger charge is -2.24. The number of thiophene rings is 1. The molecule has 5 heteroatoms. The summed E-state index contributed by atoms with van der Waals surface area (Å²) in [6, 6.07) is 12.7. The van der Waals surface area contributed by atoms with Crippen molar-refractivity contribution in [1.82, 2.24) is 4.98 Å². The van der Waals surface area contributed by atoms with Crippen LogP contribution in [0.4, 0.5) is 5.69 Å². The summed E-state index contributed by atoms with van der Waals surface area (Å²) < 4.78 is 0. The normalized spacial score (nSPS) is 17.1. The average Bonchev–Trinajstić information content (AvgIpc) is 2.90. The second-order valence-electron chi connectivity index (χ2n) is 6.01. The molecule has 1 atom stereocenters. The fourth-order valence-electron chi connectivity index (χ4n) is 3.38. The van der Waals surface area contributed by atoms with E-state index in [0.29, 0.717) is 16.5 Å². The smallest absolute Gasteiger partial charge is 0.260 e. The summed E-state index contributed by atoms with van der Waals surface area (Å²) in [4.78, 5) is 17.4. The van der Waals surface area contributed by atoms with Gasteiger partial charge in [0.2, 0.25) is 0 Å². The highest BCUT2D eigenvalue weighted by Crippen LogP contribution is 2.38. The fourth-order valence-corrected chi connectivity index (χ4v) is 4.33. The van der Waals surface area contributed by atoms with Crippen LogP contribution in [-0.4, -0.2) is 10.9 Å². The van der Waals surface area contributed by atoms with E-state index in [1.165, 1.54) is 22.5 Å². The molecule has 116 valence electrons. The standard InChI is InChI=1S/C18H17N3OS/c19-15-13-9-12-8-11(10-4-2-1-3-5-10)6-7-14(12)21-18(13)23-16(15)17(20)22/h1-5,9,11H,6-8,19H2,(H2,20,22). The quantitative estimate of drug-likeness (QED) is 0.759. The van der Waals surface area contributed by atoms with Crippen molar-refractivity contribution < 1.29 is 4.79 Å². The van der Waals surface area contributed by atoms with Gasteiger partial charge in [0, 0.05) is 11.1 Å². The van der Waals surface area contributed by atoms with Gasteiger partial charge >= 0.3 is 0 Å². The molecule has 1 aromatic carbocycles. The van der Waals surface area contributed by atoms with Gasteiger partial charge in [-0.3, -0.25) is 4.79 Å². The zero-order chi connectivity index (χ0) is 16.0. The minimum atomic E-state index is -0.481. The molecular formula is C18H17N3OS. The van der Waals surface area contributed by atoms with Crippen molar-refractivity contribution in [2.45, 2.75) is 25.2 Å². The number of hydrogen-bond donors (Lipinski definition) is 2. The van der Waals surface area contributed by atoms with Crippen LogP contribution in [-0.2, 0) is 12.8 Å². The monoisotopic (exact) mass is 323 g/mol. The SMILES string of the molecule is NC(=O)c1sc2nc3c(cc2c1N)CC(c1ccccc1)CC3. The largest absolute Gasteiger partial charge is 0.397 e. The third kappa shape index (κ3) is 2.37. The minimum absolute atomic E-state index is 0.412. The second-order valence-corrected chi connectivity index (χ2v) is 7.01. The van der Waals surface area contributed by atoms with Crippen molar-refractivity contribution in [3.05, 3.63) is 58.1 Å². The van der Waals surface area contributed by atoms with E-state index in [1.807, 2.05) is 6.07 Å². The first-order valence-electron chi connectivity index (χ1n) is 7.69. The van der Waals surface area contributed by atoms with Gasteiger partial charge in [-0.25, -0.2) is 4.98 Å². The highest BCUT2D eigenvalue weighted by atomic mass is 32.1. The molecule has 0 radical (unpaired) electrons. The van der Waals surface area contributed by atoms with Crippen LogP contribution in [0.3, 0.4) is 0 Å². The highest BCUT2D eigenvalue weighted by molar-refractivity contribution is 7.21. The summed E-state index contributed by atoms with van der Waals surface area (Å²) in [6.07, 6.45) is 3.01. The lowest BCUT2D eigenvalue weighted by atomic mass is 9.82. The van der Waals surface area contributed by atoms with Gasteiger partial charge in [-0.15, -0.1) is 11.3 Å². The van der Waals surface area contributed by atoms with Crippen molar-refractivity contribution in [1.29, 1.82) is 0 Å². The van der Waals surface area contributed by atoms with E-state index in [1.54, 1.807) is 0 Å². The van der Waals surface area contributed by atoms with Gasteiger partial charge in [0.25, 0.3) is 5.91 Å². The number of carbonyl (C=O) groups is 1. The number of carbonyl (C=O) groups excluding carboxylic acids is 1. The Labute approximate surface area is 138 Å². The van der Waals surface area contributed by atoms with Crippen LogP contribution >= 0.6 is 11.3 Å². The van der Waals surface area contributed by atoms with Crippen LogP contribution in [0.2, 0.25) is 0 Å². The number of benzene rings is 1. The van der Waals surface area contributed by atoms with Crippen molar-refractivity contribution in [3.63, 3.8) is 0 Å². The first-order valence-corrected chi connectivity index (χ1v) is 8.50. The maximum Gasteiger partial charge on any atom is 0.260 e. The van der Waals surface area contributed by atoms with E-state index in [0.717, 1.165) is 35.2 Å². The molecule has 0 saturated heterocycles. The molecule has 0 fully saturated rings. The van der Waals surface area contributed by atoms with Crippen LogP contribution in [0.5, 0.6) is 0 Å². The Morgan fingerprint density at radius 2 is 2.04 bits per heavy atom. The zero-order valence-corrected chi connectivity index (χ0v) is 13.4. The molecular weight excluding hydrogens is 306 g/mol. The van der Waals surface area contributed by atoms with Crippen LogP contribution in [0.1, 0.15) is 38.8 Å². The molecule has 2 heterocycles. The molecule has 3 aromatic rings. The maximum atomic E-state index is 11.5. The topological polar surface area (TPSA) is 82.0 Å². The number of nitrogen functional groups attached to an aromatic ring is 1. The number of anilines is 1. The number of fused-ring (bicyclic) bond motifs is 2. The van der Waals surface area contributed by atoms with E-state index in [-0.39, 0.29) is 0 Å². The molecule has 0 aliphatic heterocycles. The summed E-state index contributed by atoms with van der Waals surface area (Å²) >= 11 is 1.29. The molecule has 0 spiro atoms. The van der Waals surface area contributed by atoms with Gasteiger partial charge in [0.05, 0.1) is 5.69 Å². The van der Waals surface area contributed by atoms with Crippen LogP contribution in [0.25, 0.3) is 10.2 Å². The fraction of sp³-hybridized carbons (Fsp3) is 0.222. The van der Waals surface area contributed by atoms with Crippen molar-refractivity contribution in [2.24, 2.45) is 5.73 Å². The number of amides is 1. The molecule has 0 bridgehead atoms. The van der Waals surface area contributed by atoms with Crippen molar-refractivity contribution in [2.75, 3.05) is 5.73 Å². The number of rotatable bonds is 2. The zero-order valence-electron chi connectivity index (χ0n) is 12.6. The highest BCUT2D eigenvalue weighted by Gasteiger charge is 2.23. The van der Waals surface area contributed by atoms with E-state index in [4.69, 9.17) is 16.5 Å². The maximum absolute atomic E-state index is 11.5. The predicted molar refractivity (Wildman–Crippen MR) is 93.8 cm³/mol. The Kier molecular flexibility index (Phi) is 3.31. The molecule has 1 aliphatic rings. The van der Waals surface area contributed by atoms with Crippen molar-refractivity contribution in [3.8, 4) is 0 Å². The Bertz CT molecular complexity index is 902. The summed E-state index contributed by atoms with van der Waals surface area (Å²) in [6.45, 7) is 0. The number of aryl methyl sites for hydroxylation is 1. The third-order valence-corrected chi connectivity index (χ3v) is 5.71. The summed E-state index contributed by atoms with van der Waals surface area (Å²) in [5.74, 6) is 0.0315. The van der Waals surface area contributed by atoms with Gasteiger partial charge < -0.3 is 11.5 Å². The van der Waals surface area contributed by atoms with Gasteiger partial charge in [0.15, 0.2) is 0 Å². The van der Waals surface area contributed by atoms with Gasteiger partial charge in [0.1, 0.15) is 9.71 Å². The van der Waals surface area contributed by atoms with Gasteiger partial charge in [-0.1, -0.05) is 30.3 Å². The van der Waals surface area contributed by atoms with Crippen LogP contribution in [0.15, 0.2) is 36.4 Å². The number of primary amides is 1. The number of nitrogens with zero attached hydrogens (tertiary/aromatic N) is 1. The van der Waals surface area contributed by atoms with E-state index < -0.39 is 5.91 Å². The van der Waals surface area contributed by atoms with E-state index >= 15 is 0 Å². The Morgan fingerprint density at radius 3 is 2.78 bits per heavy atom. The number of hydrogen-bond acceptors (Lipinski definition) is 4. The van der Waals surface area contributed by atoms with Gasteiger partial charge in [-0.2, -0.15) is 0 Å². The van der Waals surface area contributed by atoms with Crippen LogP contribution in [0, 0.1) is 0 Å². The van der Waals surface area contributed by atoms with Gasteiger partial charge in [-0.05, 0) is 42.4 Å². The third-order valence-electron chi connectivity index (χ3n) is 4.58. The number of nitrogens with two attached hydrogens (primary N) is 2. The lowest BCUT2D eigenvalue weighted by Crippen LogP contribution is -2.14. The molecule has 1 amide bonds. The Morgan fingerprint density at radius 1 is 1.26 bits per heavy atom. The molecule has 2 aromatic heterocycles. The average molecular weight is 323 g/mol. The second kappa shape index (κ2) is 5.35. The van der Waals surface area contributed by atoms with E-state index in [2.05, 4.69) is 30.3 Å². The molecule has 1 unspecified atom stereocenters. The summed E-state index contributed by atoms with van der Waals surface area (Å²) in [5.41, 5.74) is 15.7. The minimum Gasteiger partial charge on any atom is -0.397 e. The summed E-state index contributed by atoms with van der Waals surface area (Å²) in [5, 5.41) is 0.858. The first-order chi connectivity index (χ1) is 11.1. The summed E-state index contributed by atoms with van der Waals surface area (Å²) in [7, 11) is 0. The molecule has 0 saturated carbocycles. The Hall–Kier alpha value is -2.40. The molecule has 1 aliphatic carbocycles. The first kappa shape index (κ1) is 14.2. The van der Waals surface area contributed by atoms with E-state index in [9.17, 15) is 4.79 Å². The Balaban J connectivity index is 1.76. The molecule has 4 N–H and O–H groups in total. The van der Waals surface area contributed by atoms with Crippen molar-refractivity contribution >= 4 is 33.1 Å². The van der Waals surface area contributed by atoms with Crippen LogP contribution < -0.4 is 11.5 Å². The molecule has 4 rings (SSSR count). The molecule has 23 heavy (non-hydrogen) atoms. The number of pyridine rings is 1.